The monoisotopic (exact) mass is 457 g/mol. The van der Waals surface area contributed by atoms with E-state index in [0.717, 1.165) is 30.0 Å². The lowest BCUT2D eigenvalue weighted by Gasteiger charge is -2.34. The number of benzene rings is 1. The maximum absolute atomic E-state index is 10.8. The minimum absolute atomic E-state index is 0.0241. The number of hydrogen-bond donors (Lipinski definition) is 2. The molecular formula is C26H35NO4S. The molecule has 1 aliphatic heterocycles. The lowest BCUT2D eigenvalue weighted by molar-refractivity contribution is -0.0812. The standard InChI is InChI=1S/C26H35NO4S/c1-2-16-7-8-19(11-21(16)17-5-3-4-6-17)30-14-22-20-9-10-24(31-25(20)12-23(22)29)26-27-18(13-28)15-32-26/h7-8,11,15,17,20,22-25,28-29H,2-6,9-10,12-14H2,1H3/t20-,22-,23+,24-,25+/m1/s1. The van der Waals surface area contributed by atoms with Gasteiger partial charge in [-0.15, -0.1) is 11.3 Å². The quantitative estimate of drug-likeness (QED) is 0.601. The van der Waals surface area contributed by atoms with Crippen LogP contribution in [0.3, 0.4) is 0 Å². The highest BCUT2D eigenvalue weighted by atomic mass is 32.1. The van der Waals surface area contributed by atoms with Crippen molar-refractivity contribution in [2.45, 2.75) is 89.1 Å². The Balaban J connectivity index is 1.22. The van der Waals surface area contributed by atoms with Gasteiger partial charge in [0.2, 0.25) is 0 Å². The van der Waals surface area contributed by atoms with Crippen molar-refractivity contribution in [3.63, 3.8) is 0 Å². The van der Waals surface area contributed by atoms with E-state index in [1.54, 1.807) is 11.3 Å². The van der Waals surface area contributed by atoms with E-state index in [0.29, 0.717) is 30.6 Å². The van der Waals surface area contributed by atoms with E-state index >= 15 is 0 Å². The van der Waals surface area contributed by atoms with Crippen LogP contribution in [-0.4, -0.2) is 34.0 Å². The molecule has 1 saturated heterocycles. The molecule has 0 bridgehead atoms. The Labute approximate surface area is 194 Å². The molecule has 5 nitrogen and oxygen atoms in total. The fourth-order valence-electron chi connectivity index (χ4n) is 6.08. The van der Waals surface area contributed by atoms with Crippen molar-refractivity contribution in [2.24, 2.45) is 11.8 Å². The second kappa shape index (κ2) is 9.80. The molecule has 5 atom stereocenters. The molecule has 0 spiro atoms. The molecule has 1 aromatic carbocycles. The molecular weight excluding hydrogens is 422 g/mol. The first-order chi connectivity index (χ1) is 15.7. The number of aliphatic hydroxyl groups is 2. The maximum atomic E-state index is 10.8. The minimum atomic E-state index is -0.391. The van der Waals surface area contributed by atoms with Crippen LogP contribution in [-0.2, 0) is 17.8 Å². The Kier molecular flexibility index (Phi) is 6.84. The van der Waals surface area contributed by atoms with Gasteiger partial charge in [-0.05, 0) is 67.2 Å². The SMILES string of the molecule is CCc1ccc(OC[C@@H]2[C@H]3CC[C@H](c4nc(CO)cs4)O[C@H]3C[C@@H]2O)cc1C1CCCC1. The molecule has 0 unspecified atom stereocenters. The average molecular weight is 458 g/mol. The van der Waals surface area contributed by atoms with E-state index in [-0.39, 0.29) is 24.7 Å². The summed E-state index contributed by atoms with van der Waals surface area (Å²) in [6, 6.07) is 6.60. The molecule has 2 heterocycles. The van der Waals surface area contributed by atoms with Crippen LogP contribution in [0.5, 0.6) is 5.75 Å². The van der Waals surface area contributed by atoms with E-state index < -0.39 is 6.10 Å². The Bertz CT molecular complexity index is 909. The third-order valence-electron chi connectivity index (χ3n) is 7.84. The van der Waals surface area contributed by atoms with Crippen LogP contribution in [0.2, 0.25) is 0 Å². The van der Waals surface area contributed by atoms with Gasteiger partial charge in [0.05, 0.1) is 31.1 Å². The number of fused-ring (bicyclic) bond motifs is 1. The first-order valence-corrected chi connectivity index (χ1v) is 13.2. The fourth-order valence-corrected chi connectivity index (χ4v) is 6.96. The van der Waals surface area contributed by atoms with E-state index in [1.807, 2.05) is 5.38 Å². The summed E-state index contributed by atoms with van der Waals surface area (Å²) in [5.74, 6) is 2.04. The number of rotatable bonds is 7. The summed E-state index contributed by atoms with van der Waals surface area (Å²) in [7, 11) is 0. The second-order valence-corrected chi connectivity index (χ2v) is 10.6. The highest BCUT2D eigenvalue weighted by molar-refractivity contribution is 7.09. The number of aliphatic hydroxyl groups excluding tert-OH is 2. The van der Waals surface area contributed by atoms with E-state index in [2.05, 4.69) is 30.1 Å². The number of hydrogen-bond acceptors (Lipinski definition) is 6. The van der Waals surface area contributed by atoms with Crippen molar-refractivity contribution in [1.82, 2.24) is 4.98 Å². The normalized spacial score (nSPS) is 30.5. The van der Waals surface area contributed by atoms with Crippen LogP contribution >= 0.6 is 11.3 Å². The second-order valence-electron chi connectivity index (χ2n) is 9.71. The van der Waals surface area contributed by atoms with Crippen molar-refractivity contribution in [2.75, 3.05) is 6.61 Å². The number of aromatic nitrogens is 1. The Morgan fingerprint density at radius 3 is 2.78 bits per heavy atom. The van der Waals surface area contributed by atoms with Crippen LogP contribution in [0, 0.1) is 11.8 Å². The van der Waals surface area contributed by atoms with Gasteiger partial charge in [-0.25, -0.2) is 4.98 Å². The van der Waals surface area contributed by atoms with Gasteiger partial charge in [0.25, 0.3) is 0 Å². The van der Waals surface area contributed by atoms with Crippen LogP contribution in [0.4, 0.5) is 0 Å². The average Bonchev–Trinajstić information content (AvgIpc) is 3.57. The van der Waals surface area contributed by atoms with Gasteiger partial charge in [-0.1, -0.05) is 25.8 Å². The van der Waals surface area contributed by atoms with Crippen LogP contribution < -0.4 is 4.74 Å². The smallest absolute Gasteiger partial charge is 0.122 e. The van der Waals surface area contributed by atoms with Crippen molar-refractivity contribution < 1.29 is 19.7 Å². The molecule has 5 rings (SSSR count). The molecule has 3 fully saturated rings. The molecule has 6 heteroatoms. The van der Waals surface area contributed by atoms with E-state index in [4.69, 9.17) is 9.47 Å². The predicted molar refractivity (Wildman–Crippen MR) is 125 cm³/mol. The van der Waals surface area contributed by atoms with Gasteiger partial charge < -0.3 is 19.7 Å². The molecule has 174 valence electrons. The molecule has 2 aromatic rings. The zero-order valence-corrected chi connectivity index (χ0v) is 19.7. The summed E-state index contributed by atoms with van der Waals surface area (Å²) < 4.78 is 12.7. The zero-order chi connectivity index (χ0) is 22.1. The molecule has 2 saturated carbocycles. The summed E-state index contributed by atoms with van der Waals surface area (Å²) in [4.78, 5) is 4.49. The summed E-state index contributed by atoms with van der Waals surface area (Å²) >= 11 is 1.56. The highest BCUT2D eigenvalue weighted by Crippen LogP contribution is 2.46. The number of nitrogens with zero attached hydrogens (tertiary/aromatic N) is 1. The molecule has 3 aliphatic rings. The Morgan fingerprint density at radius 2 is 2.03 bits per heavy atom. The van der Waals surface area contributed by atoms with Crippen LogP contribution in [0.15, 0.2) is 23.6 Å². The third-order valence-corrected chi connectivity index (χ3v) is 8.82. The van der Waals surface area contributed by atoms with Gasteiger partial charge in [0, 0.05) is 17.7 Å². The van der Waals surface area contributed by atoms with E-state index in [9.17, 15) is 10.2 Å². The lowest BCUT2D eigenvalue weighted by Crippen LogP contribution is -2.33. The lowest BCUT2D eigenvalue weighted by atomic mass is 9.87. The largest absolute Gasteiger partial charge is 0.493 e. The molecule has 2 N–H and O–H groups in total. The van der Waals surface area contributed by atoms with Crippen molar-refractivity contribution >= 4 is 11.3 Å². The maximum Gasteiger partial charge on any atom is 0.122 e. The van der Waals surface area contributed by atoms with Gasteiger partial charge in [0.15, 0.2) is 0 Å². The molecule has 0 amide bonds. The number of aryl methyl sites for hydroxylation is 1. The van der Waals surface area contributed by atoms with Gasteiger partial charge in [0.1, 0.15) is 16.9 Å². The van der Waals surface area contributed by atoms with Gasteiger partial charge in [-0.2, -0.15) is 0 Å². The summed E-state index contributed by atoms with van der Waals surface area (Å²) in [6.45, 7) is 2.74. The Morgan fingerprint density at radius 1 is 1.19 bits per heavy atom. The van der Waals surface area contributed by atoms with Crippen LogP contribution in [0.1, 0.15) is 85.7 Å². The van der Waals surface area contributed by atoms with E-state index in [1.165, 1.54) is 36.8 Å². The minimum Gasteiger partial charge on any atom is -0.493 e. The van der Waals surface area contributed by atoms with Crippen molar-refractivity contribution in [1.29, 1.82) is 0 Å². The third kappa shape index (κ3) is 4.47. The zero-order valence-electron chi connectivity index (χ0n) is 18.9. The number of ether oxygens (including phenoxy) is 2. The van der Waals surface area contributed by atoms with Gasteiger partial charge >= 0.3 is 0 Å². The van der Waals surface area contributed by atoms with Crippen LogP contribution in [0.25, 0.3) is 0 Å². The Hall–Kier alpha value is -1.47. The first kappa shape index (κ1) is 22.3. The summed E-state index contributed by atoms with van der Waals surface area (Å²) in [6.07, 6.45) is 8.52. The first-order valence-electron chi connectivity index (χ1n) is 12.3. The van der Waals surface area contributed by atoms with Crippen molar-refractivity contribution in [3.8, 4) is 5.75 Å². The highest BCUT2D eigenvalue weighted by Gasteiger charge is 2.47. The summed E-state index contributed by atoms with van der Waals surface area (Å²) in [5, 5.41) is 22.9. The van der Waals surface area contributed by atoms with Gasteiger partial charge in [-0.3, -0.25) is 0 Å². The molecule has 2 aliphatic carbocycles. The molecule has 1 aromatic heterocycles. The summed E-state index contributed by atoms with van der Waals surface area (Å²) in [5.41, 5.74) is 3.63. The fraction of sp³-hybridized carbons (Fsp3) is 0.654. The molecule has 0 radical (unpaired) electrons. The number of thiazole rings is 1. The molecule has 32 heavy (non-hydrogen) atoms. The topological polar surface area (TPSA) is 71.8 Å². The van der Waals surface area contributed by atoms with Crippen molar-refractivity contribution in [3.05, 3.63) is 45.4 Å². The predicted octanol–water partition coefficient (Wildman–Crippen LogP) is 5.15.